The van der Waals surface area contributed by atoms with E-state index >= 15 is 0 Å². The lowest BCUT2D eigenvalue weighted by Gasteiger charge is -2.28. The fourth-order valence-electron chi connectivity index (χ4n) is 3.85. The van der Waals surface area contributed by atoms with Crippen LogP contribution in [-0.4, -0.2) is 42.2 Å². The Morgan fingerprint density at radius 3 is 1.79 bits per heavy atom. The number of carbonyl (C=O) groups is 1. The minimum absolute atomic E-state index is 0.292. The molecule has 28 heavy (non-hydrogen) atoms. The van der Waals surface area contributed by atoms with Gasteiger partial charge in [0.15, 0.2) is 0 Å². The Balaban J connectivity index is 1.67. The van der Waals surface area contributed by atoms with Crippen molar-refractivity contribution in [2.24, 2.45) is 0 Å². The zero-order valence-electron chi connectivity index (χ0n) is 16.6. The standard InChI is InChI=1S/C24H31NO3/c26-23(28-20-19-25-17-11-3-1-2-4-12-18-25)24(27,21-13-7-5-8-14-21)22-15-9-6-10-16-22/h5-10,13-16,27H,1-4,11-12,17-20H2. The first-order valence-corrected chi connectivity index (χ1v) is 10.4. The van der Waals surface area contributed by atoms with Crippen LogP contribution in [0.25, 0.3) is 0 Å². The first kappa shape index (κ1) is 20.6. The van der Waals surface area contributed by atoms with Crippen molar-refractivity contribution in [3.05, 3.63) is 71.8 Å². The normalized spacial score (nSPS) is 16.6. The van der Waals surface area contributed by atoms with Crippen LogP contribution >= 0.6 is 0 Å². The summed E-state index contributed by atoms with van der Waals surface area (Å²) in [7, 11) is 0. The maximum absolute atomic E-state index is 13.0. The third-order valence-corrected chi connectivity index (χ3v) is 5.52. The first-order valence-electron chi connectivity index (χ1n) is 10.4. The molecule has 2 aromatic carbocycles. The number of esters is 1. The predicted octanol–water partition coefficient (Wildman–Crippen LogP) is 4.12. The zero-order valence-corrected chi connectivity index (χ0v) is 16.6. The van der Waals surface area contributed by atoms with E-state index in [4.69, 9.17) is 4.74 Å². The first-order chi connectivity index (χ1) is 13.7. The van der Waals surface area contributed by atoms with Crippen LogP contribution in [0.2, 0.25) is 0 Å². The van der Waals surface area contributed by atoms with E-state index in [0.29, 0.717) is 24.3 Å². The molecular formula is C24H31NO3. The lowest BCUT2D eigenvalue weighted by molar-refractivity contribution is -0.162. The third kappa shape index (κ3) is 5.21. The summed E-state index contributed by atoms with van der Waals surface area (Å²) in [6, 6.07) is 18.0. The van der Waals surface area contributed by atoms with Crippen LogP contribution in [0.4, 0.5) is 0 Å². The SMILES string of the molecule is O=C(OCCN1CCCCCCCC1)C(O)(c1ccccc1)c1ccccc1. The second-order valence-corrected chi connectivity index (χ2v) is 7.54. The molecule has 0 radical (unpaired) electrons. The van der Waals surface area contributed by atoms with Gasteiger partial charge < -0.3 is 9.84 Å². The second kappa shape index (κ2) is 10.4. The fourth-order valence-corrected chi connectivity index (χ4v) is 3.85. The third-order valence-electron chi connectivity index (χ3n) is 5.52. The summed E-state index contributed by atoms with van der Waals surface area (Å²) in [5, 5.41) is 11.4. The van der Waals surface area contributed by atoms with E-state index in [1.54, 1.807) is 24.3 Å². The molecule has 0 saturated carbocycles. The highest BCUT2D eigenvalue weighted by atomic mass is 16.5. The molecule has 0 aromatic heterocycles. The summed E-state index contributed by atoms with van der Waals surface area (Å²) in [6.45, 7) is 3.12. The van der Waals surface area contributed by atoms with Crippen molar-refractivity contribution < 1.29 is 14.6 Å². The van der Waals surface area contributed by atoms with Gasteiger partial charge in [-0.3, -0.25) is 4.90 Å². The summed E-state index contributed by atoms with van der Waals surface area (Å²) in [5.74, 6) is -0.617. The highest BCUT2D eigenvalue weighted by Gasteiger charge is 2.41. The summed E-state index contributed by atoms with van der Waals surface area (Å²) in [6.07, 6.45) is 7.60. The number of hydrogen-bond donors (Lipinski definition) is 1. The number of nitrogens with zero attached hydrogens (tertiary/aromatic N) is 1. The number of benzene rings is 2. The Bertz CT molecular complexity index is 668. The van der Waals surface area contributed by atoms with Crippen LogP contribution in [0.3, 0.4) is 0 Å². The lowest BCUT2D eigenvalue weighted by atomic mass is 9.86. The average Bonchev–Trinajstić information content (AvgIpc) is 2.88. The van der Waals surface area contributed by atoms with Crippen molar-refractivity contribution in [2.45, 2.75) is 44.1 Å². The van der Waals surface area contributed by atoms with Gasteiger partial charge in [-0.15, -0.1) is 0 Å². The molecule has 4 heteroatoms. The van der Waals surface area contributed by atoms with Gasteiger partial charge in [0.1, 0.15) is 6.61 Å². The van der Waals surface area contributed by atoms with Gasteiger partial charge in [-0.05, 0) is 37.1 Å². The van der Waals surface area contributed by atoms with E-state index in [2.05, 4.69) is 4.90 Å². The maximum atomic E-state index is 13.0. The van der Waals surface area contributed by atoms with Crippen LogP contribution in [0.1, 0.15) is 49.7 Å². The van der Waals surface area contributed by atoms with Crippen LogP contribution in [0.15, 0.2) is 60.7 Å². The maximum Gasteiger partial charge on any atom is 0.347 e. The van der Waals surface area contributed by atoms with Crippen LogP contribution in [-0.2, 0) is 15.1 Å². The van der Waals surface area contributed by atoms with Crippen molar-refractivity contribution in [1.82, 2.24) is 4.90 Å². The van der Waals surface area contributed by atoms with Crippen molar-refractivity contribution >= 4 is 5.97 Å². The molecule has 1 aliphatic heterocycles. The number of rotatable bonds is 6. The highest BCUT2D eigenvalue weighted by Crippen LogP contribution is 2.31. The van der Waals surface area contributed by atoms with Gasteiger partial charge in [-0.25, -0.2) is 4.79 Å². The quantitative estimate of drug-likeness (QED) is 0.765. The number of hydrogen-bond acceptors (Lipinski definition) is 4. The molecule has 3 rings (SSSR count). The predicted molar refractivity (Wildman–Crippen MR) is 111 cm³/mol. The molecule has 0 bridgehead atoms. The molecule has 0 aliphatic carbocycles. The Morgan fingerprint density at radius 1 is 0.821 bits per heavy atom. The van der Waals surface area contributed by atoms with Gasteiger partial charge in [0.25, 0.3) is 0 Å². The molecule has 0 spiro atoms. The molecule has 1 saturated heterocycles. The van der Waals surface area contributed by atoms with E-state index in [1.165, 1.54) is 38.5 Å². The molecule has 2 aromatic rings. The molecular weight excluding hydrogens is 350 g/mol. The minimum Gasteiger partial charge on any atom is -0.462 e. The van der Waals surface area contributed by atoms with Crippen LogP contribution in [0, 0.1) is 0 Å². The fraction of sp³-hybridized carbons (Fsp3) is 0.458. The molecule has 1 aliphatic rings. The van der Waals surface area contributed by atoms with Crippen molar-refractivity contribution in [2.75, 3.05) is 26.2 Å². The summed E-state index contributed by atoms with van der Waals surface area (Å²) >= 11 is 0. The van der Waals surface area contributed by atoms with Gasteiger partial charge in [0.05, 0.1) is 0 Å². The summed E-state index contributed by atoms with van der Waals surface area (Å²) in [4.78, 5) is 15.4. The molecule has 1 N–H and O–H groups in total. The Labute approximate surface area is 168 Å². The number of aliphatic hydroxyl groups is 1. The molecule has 1 heterocycles. The second-order valence-electron chi connectivity index (χ2n) is 7.54. The Hall–Kier alpha value is -2.17. The Kier molecular flexibility index (Phi) is 7.63. The van der Waals surface area contributed by atoms with E-state index < -0.39 is 11.6 Å². The van der Waals surface area contributed by atoms with E-state index in [-0.39, 0.29) is 0 Å². The van der Waals surface area contributed by atoms with Crippen molar-refractivity contribution in [1.29, 1.82) is 0 Å². The van der Waals surface area contributed by atoms with Gasteiger partial charge in [0, 0.05) is 6.54 Å². The Morgan fingerprint density at radius 2 is 1.29 bits per heavy atom. The highest BCUT2D eigenvalue weighted by molar-refractivity contribution is 5.85. The number of carbonyl (C=O) groups excluding carboxylic acids is 1. The number of ether oxygens (including phenoxy) is 1. The molecule has 0 unspecified atom stereocenters. The van der Waals surface area contributed by atoms with Gasteiger partial charge in [-0.1, -0.05) is 86.3 Å². The molecule has 0 atom stereocenters. The van der Waals surface area contributed by atoms with Gasteiger partial charge in [-0.2, -0.15) is 0 Å². The minimum atomic E-state index is -1.80. The lowest BCUT2D eigenvalue weighted by Crippen LogP contribution is -2.40. The molecule has 150 valence electrons. The van der Waals surface area contributed by atoms with E-state index in [9.17, 15) is 9.90 Å². The van der Waals surface area contributed by atoms with Crippen molar-refractivity contribution in [3.8, 4) is 0 Å². The monoisotopic (exact) mass is 381 g/mol. The largest absolute Gasteiger partial charge is 0.462 e. The molecule has 4 nitrogen and oxygen atoms in total. The summed E-state index contributed by atoms with van der Waals surface area (Å²) < 4.78 is 5.59. The smallest absolute Gasteiger partial charge is 0.347 e. The van der Waals surface area contributed by atoms with Crippen LogP contribution < -0.4 is 0 Å². The molecule has 0 amide bonds. The van der Waals surface area contributed by atoms with Gasteiger partial charge in [0.2, 0.25) is 5.60 Å². The topological polar surface area (TPSA) is 49.8 Å². The van der Waals surface area contributed by atoms with E-state index in [1.807, 2.05) is 36.4 Å². The van der Waals surface area contributed by atoms with E-state index in [0.717, 1.165) is 13.1 Å². The van der Waals surface area contributed by atoms with Crippen molar-refractivity contribution in [3.63, 3.8) is 0 Å². The van der Waals surface area contributed by atoms with Gasteiger partial charge >= 0.3 is 5.97 Å². The average molecular weight is 382 g/mol. The van der Waals surface area contributed by atoms with Crippen LogP contribution in [0.5, 0.6) is 0 Å². The molecule has 1 fully saturated rings. The summed E-state index contributed by atoms with van der Waals surface area (Å²) in [5.41, 5.74) is -0.751. The zero-order chi connectivity index (χ0) is 19.7.